The average molecular weight is 323 g/mol. The summed E-state index contributed by atoms with van der Waals surface area (Å²) >= 11 is 3.60. The average Bonchev–Trinajstić information content (AvgIpc) is 2.85. The van der Waals surface area contributed by atoms with Gasteiger partial charge < -0.3 is 10.2 Å². The fourth-order valence-electron chi connectivity index (χ4n) is 3.55. The molecule has 1 spiro atoms. The Balaban J connectivity index is 1.86. The summed E-state index contributed by atoms with van der Waals surface area (Å²) in [5, 5.41) is 3.82. The number of rotatable bonds is 1. The topological polar surface area (TPSA) is 15.3 Å². The Morgan fingerprint density at radius 1 is 1.32 bits per heavy atom. The fraction of sp³-hybridized carbons (Fsp3) is 0.625. The normalized spacial score (nSPS) is 26.1. The number of benzene rings is 1. The van der Waals surface area contributed by atoms with Gasteiger partial charge in [-0.25, -0.2) is 0 Å². The van der Waals surface area contributed by atoms with E-state index in [-0.39, 0.29) is 0 Å². The zero-order valence-electron chi connectivity index (χ0n) is 11.9. The molecular formula is C16H23BrN2. The van der Waals surface area contributed by atoms with E-state index in [4.69, 9.17) is 0 Å². The zero-order valence-corrected chi connectivity index (χ0v) is 13.5. The number of piperazine rings is 1. The van der Waals surface area contributed by atoms with Crippen molar-refractivity contribution >= 4 is 21.6 Å². The Labute approximate surface area is 124 Å². The summed E-state index contributed by atoms with van der Waals surface area (Å²) in [6.45, 7) is 6.77. The van der Waals surface area contributed by atoms with Gasteiger partial charge in [-0.3, -0.25) is 0 Å². The van der Waals surface area contributed by atoms with Gasteiger partial charge in [-0.2, -0.15) is 0 Å². The maximum Gasteiger partial charge on any atom is 0.0387 e. The van der Waals surface area contributed by atoms with Crippen molar-refractivity contribution in [1.82, 2.24) is 5.32 Å². The molecule has 0 radical (unpaired) electrons. The van der Waals surface area contributed by atoms with Crippen molar-refractivity contribution in [3.63, 3.8) is 0 Å². The van der Waals surface area contributed by atoms with Crippen molar-refractivity contribution in [2.45, 2.75) is 51.1 Å². The van der Waals surface area contributed by atoms with Crippen LogP contribution in [0.5, 0.6) is 0 Å². The quantitative estimate of drug-likeness (QED) is 0.844. The molecule has 0 bridgehead atoms. The molecule has 0 aromatic heterocycles. The van der Waals surface area contributed by atoms with Crippen LogP contribution < -0.4 is 10.2 Å². The second-order valence-electron chi connectivity index (χ2n) is 6.28. The molecule has 2 fully saturated rings. The predicted molar refractivity (Wildman–Crippen MR) is 84.9 cm³/mol. The van der Waals surface area contributed by atoms with Crippen LogP contribution in [-0.2, 0) is 0 Å². The third-order valence-electron chi connectivity index (χ3n) is 4.81. The van der Waals surface area contributed by atoms with Crippen LogP contribution in [0.2, 0.25) is 0 Å². The number of aryl methyl sites for hydroxylation is 1. The molecule has 1 atom stereocenters. The van der Waals surface area contributed by atoms with Crippen LogP contribution in [0.1, 0.15) is 38.2 Å². The number of halogens is 1. The molecule has 1 unspecified atom stereocenters. The van der Waals surface area contributed by atoms with Gasteiger partial charge >= 0.3 is 0 Å². The highest BCUT2D eigenvalue weighted by atomic mass is 79.9. The first-order chi connectivity index (χ1) is 9.10. The molecule has 0 amide bonds. The first-order valence-electron chi connectivity index (χ1n) is 7.37. The standard InChI is InChI=1S/C16H23BrN2/c1-12-9-14(5-6-15(12)17)19-11-16(7-3-4-8-16)18-10-13(19)2/h5-6,9,13,18H,3-4,7-8,10-11H2,1-2H3. The molecule has 19 heavy (non-hydrogen) atoms. The summed E-state index contributed by atoms with van der Waals surface area (Å²) in [6.07, 6.45) is 5.45. The Morgan fingerprint density at radius 2 is 2.05 bits per heavy atom. The smallest absolute Gasteiger partial charge is 0.0387 e. The summed E-state index contributed by atoms with van der Waals surface area (Å²) < 4.78 is 1.20. The van der Waals surface area contributed by atoms with E-state index in [1.807, 2.05) is 0 Å². The van der Waals surface area contributed by atoms with Crippen molar-refractivity contribution in [3.05, 3.63) is 28.2 Å². The second-order valence-corrected chi connectivity index (χ2v) is 7.13. The third kappa shape index (κ3) is 2.55. The molecule has 2 aliphatic rings. The van der Waals surface area contributed by atoms with Crippen molar-refractivity contribution < 1.29 is 0 Å². The molecular weight excluding hydrogens is 300 g/mol. The number of hydrogen-bond donors (Lipinski definition) is 1. The Morgan fingerprint density at radius 3 is 2.74 bits per heavy atom. The Hall–Kier alpha value is -0.540. The lowest BCUT2D eigenvalue weighted by Gasteiger charge is -2.46. The molecule has 1 saturated carbocycles. The van der Waals surface area contributed by atoms with Crippen LogP contribution in [0.15, 0.2) is 22.7 Å². The molecule has 1 heterocycles. The summed E-state index contributed by atoms with van der Waals surface area (Å²) in [6, 6.07) is 7.32. The summed E-state index contributed by atoms with van der Waals surface area (Å²) in [5.41, 5.74) is 3.08. The van der Waals surface area contributed by atoms with E-state index in [0.29, 0.717) is 11.6 Å². The van der Waals surface area contributed by atoms with Gasteiger partial charge in [0.1, 0.15) is 0 Å². The minimum atomic E-state index is 0.382. The number of nitrogens with one attached hydrogen (secondary N) is 1. The van der Waals surface area contributed by atoms with Gasteiger partial charge in [-0.15, -0.1) is 0 Å². The Bertz CT molecular complexity index is 466. The fourth-order valence-corrected chi connectivity index (χ4v) is 3.80. The van der Waals surface area contributed by atoms with Crippen LogP contribution in [0.3, 0.4) is 0 Å². The van der Waals surface area contributed by atoms with Crippen LogP contribution in [0, 0.1) is 6.92 Å². The number of nitrogens with zero attached hydrogens (tertiary/aromatic N) is 1. The maximum atomic E-state index is 3.82. The molecule has 1 aromatic rings. The second kappa shape index (κ2) is 5.10. The van der Waals surface area contributed by atoms with Gasteiger partial charge in [0.05, 0.1) is 0 Å². The van der Waals surface area contributed by atoms with E-state index in [9.17, 15) is 0 Å². The Kier molecular flexibility index (Phi) is 3.61. The van der Waals surface area contributed by atoms with Crippen molar-refractivity contribution in [2.24, 2.45) is 0 Å². The van der Waals surface area contributed by atoms with E-state index >= 15 is 0 Å². The number of hydrogen-bond acceptors (Lipinski definition) is 2. The van der Waals surface area contributed by atoms with Crippen LogP contribution in [0.4, 0.5) is 5.69 Å². The monoisotopic (exact) mass is 322 g/mol. The minimum absolute atomic E-state index is 0.382. The SMILES string of the molecule is Cc1cc(N2CC3(CCCC3)NCC2C)ccc1Br. The lowest BCUT2D eigenvalue weighted by molar-refractivity contribution is 0.276. The molecule has 1 N–H and O–H groups in total. The van der Waals surface area contributed by atoms with Crippen LogP contribution in [0.25, 0.3) is 0 Å². The largest absolute Gasteiger partial charge is 0.366 e. The maximum absolute atomic E-state index is 3.82. The van der Waals surface area contributed by atoms with E-state index in [1.54, 1.807) is 0 Å². The number of anilines is 1. The molecule has 1 aliphatic carbocycles. The summed E-state index contributed by atoms with van der Waals surface area (Å²) in [5.74, 6) is 0. The molecule has 3 heteroatoms. The molecule has 104 valence electrons. The lowest BCUT2D eigenvalue weighted by Crippen LogP contribution is -2.62. The molecule has 1 aromatic carbocycles. The van der Waals surface area contributed by atoms with Crippen molar-refractivity contribution in [2.75, 3.05) is 18.0 Å². The molecule has 3 rings (SSSR count). The lowest BCUT2D eigenvalue weighted by atomic mass is 9.92. The minimum Gasteiger partial charge on any atom is -0.366 e. The van der Waals surface area contributed by atoms with Gasteiger partial charge in [-0.05, 0) is 50.5 Å². The van der Waals surface area contributed by atoms with E-state index in [0.717, 1.165) is 13.1 Å². The van der Waals surface area contributed by atoms with Gasteiger partial charge in [0, 0.05) is 34.8 Å². The highest BCUT2D eigenvalue weighted by molar-refractivity contribution is 9.10. The summed E-state index contributed by atoms with van der Waals surface area (Å²) in [4.78, 5) is 2.60. The zero-order chi connectivity index (χ0) is 13.5. The highest BCUT2D eigenvalue weighted by Gasteiger charge is 2.39. The molecule has 1 aliphatic heterocycles. The van der Waals surface area contributed by atoms with E-state index < -0.39 is 0 Å². The van der Waals surface area contributed by atoms with Crippen LogP contribution in [-0.4, -0.2) is 24.7 Å². The highest BCUT2D eigenvalue weighted by Crippen LogP contribution is 2.35. The third-order valence-corrected chi connectivity index (χ3v) is 5.70. The van der Waals surface area contributed by atoms with Crippen LogP contribution >= 0.6 is 15.9 Å². The molecule has 1 saturated heterocycles. The summed E-state index contributed by atoms with van der Waals surface area (Å²) in [7, 11) is 0. The van der Waals surface area contributed by atoms with Gasteiger partial charge in [0.15, 0.2) is 0 Å². The van der Waals surface area contributed by atoms with E-state index in [1.165, 1.54) is 41.4 Å². The van der Waals surface area contributed by atoms with Gasteiger partial charge in [-0.1, -0.05) is 28.8 Å². The van der Waals surface area contributed by atoms with Crippen molar-refractivity contribution in [1.29, 1.82) is 0 Å². The molecule has 2 nitrogen and oxygen atoms in total. The first-order valence-corrected chi connectivity index (χ1v) is 8.17. The van der Waals surface area contributed by atoms with E-state index in [2.05, 4.69) is 58.2 Å². The van der Waals surface area contributed by atoms with Gasteiger partial charge in [0.25, 0.3) is 0 Å². The van der Waals surface area contributed by atoms with Gasteiger partial charge in [0.2, 0.25) is 0 Å². The van der Waals surface area contributed by atoms with Crippen molar-refractivity contribution in [3.8, 4) is 0 Å². The first kappa shape index (κ1) is 13.4. The predicted octanol–water partition coefficient (Wildman–Crippen LogP) is 3.87.